The highest BCUT2D eigenvalue weighted by atomic mass is 35.5. The molecule has 3 rings (SSSR count). The number of nitrogens with zero attached hydrogens (tertiary/aromatic N) is 1. The molecular weight excluding hydrogens is 306 g/mol. The molecule has 0 radical (unpaired) electrons. The quantitative estimate of drug-likeness (QED) is 0.702. The van der Waals surface area contributed by atoms with Gasteiger partial charge in [0.05, 0.1) is 6.20 Å². The van der Waals surface area contributed by atoms with Crippen LogP contribution in [0.15, 0.2) is 60.9 Å². The van der Waals surface area contributed by atoms with Crippen molar-refractivity contribution in [1.82, 2.24) is 15.5 Å². The van der Waals surface area contributed by atoms with Crippen molar-refractivity contribution in [3.05, 3.63) is 77.1 Å². The zero-order valence-corrected chi connectivity index (χ0v) is 13.8. The standard InChI is InChI=1S/C19H20ClN3/c1-21-10-9-19(16-3-2-4-18(20)11-16)15-7-5-14(6-8-15)17-12-22-23-13-17/h2-8,11-13,19,21H,9-10H2,1H3,(H,22,23). The average Bonchev–Trinajstić information content (AvgIpc) is 3.10. The number of rotatable bonds is 6. The van der Waals surface area contributed by atoms with Crippen LogP contribution in [0, 0.1) is 0 Å². The van der Waals surface area contributed by atoms with E-state index in [2.05, 4.69) is 51.9 Å². The molecule has 2 N–H and O–H groups in total. The normalized spacial score (nSPS) is 12.3. The summed E-state index contributed by atoms with van der Waals surface area (Å²) in [5.74, 6) is 0.333. The van der Waals surface area contributed by atoms with E-state index in [4.69, 9.17) is 11.6 Å². The predicted octanol–water partition coefficient (Wildman–Crippen LogP) is 4.47. The van der Waals surface area contributed by atoms with E-state index in [0.29, 0.717) is 5.92 Å². The molecule has 0 aliphatic rings. The molecule has 1 unspecified atom stereocenters. The second-order valence-corrected chi connectivity index (χ2v) is 6.05. The van der Waals surface area contributed by atoms with Gasteiger partial charge in [-0.1, -0.05) is 48.0 Å². The van der Waals surface area contributed by atoms with Crippen LogP contribution in [-0.4, -0.2) is 23.8 Å². The van der Waals surface area contributed by atoms with Crippen LogP contribution in [0.4, 0.5) is 0 Å². The summed E-state index contributed by atoms with van der Waals surface area (Å²) in [6.45, 7) is 0.959. The van der Waals surface area contributed by atoms with E-state index in [0.717, 1.165) is 23.6 Å². The molecule has 1 aromatic heterocycles. The largest absolute Gasteiger partial charge is 0.320 e. The van der Waals surface area contributed by atoms with Gasteiger partial charge in [-0.15, -0.1) is 0 Å². The van der Waals surface area contributed by atoms with Gasteiger partial charge in [-0.05, 0) is 48.8 Å². The highest BCUT2D eigenvalue weighted by Crippen LogP contribution is 2.30. The first-order chi connectivity index (χ1) is 11.3. The maximum Gasteiger partial charge on any atom is 0.0565 e. The summed E-state index contributed by atoms with van der Waals surface area (Å²) >= 11 is 6.18. The zero-order valence-electron chi connectivity index (χ0n) is 13.1. The number of nitrogens with one attached hydrogen (secondary N) is 2. The van der Waals surface area contributed by atoms with Gasteiger partial charge < -0.3 is 5.32 Å². The highest BCUT2D eigenvalue weighted by molar-refractivity contribution is 6.30. The lowest BCUT2D eigenvalue weighted by molar-refractivity contribution is 0.662. The molecule has 1 atom stereocenters. The monoisotopic (exact) mass is 325 g/mol. The van der Waals surface area contributed by atoms with Crippen LogP contribution < -0.4 is 5.32 Å². The molecule has 3 nitrogen and oxygen atoms in total. The van der Waals surface area contributed by atoms with Crippen LogP contribution in [0.1, 0.15) is 23.5 Å². The number of benzene rings is 2. The molecule has 1 heterocycles. The lowest BCUT2D eigenvalue weighted by atomic mass is 9.88. The van der Waals surface area contributed by atoms with Gasteiger partial charge in [0.15, 0.2) is 0 Å². The fourth-order valence-electron chi connectivity index (χ4n) is 2.85. The van der Waals surface area contributed by atoms with Crippen molar-refractivity contribution in [2.45, 2.75) is 12.3 Å². The Bertz CT molecular complexity index is 736. The summed E-state index contributed by atoms with van der Waals surface area (Å²) in [5.41, 5.74) is 4.82. The summed E-state index contributed by atoms with van der Waals surface area (Å²) in [6, 6.07) is 16.8. The molecule has 0 spiro atoms. The van der Waals surface area contributed by atoms with Crippen LogP contribution in [0.5, 0.6) is 0 Å². The van der Waals surface area contributed by atoms with E-state index in [9.17, 15) is 0 Å². The van der Waals surface area contributed by atoms with Crippen molar-refractivity contribution in [3.63, 3.8) is 0 Å². The fraction of sp³-hybridized carbons (Fsp3) is 0.211. The third-order valence-corrected chi connectivity index (χ3v) is 4.31. The summed E-state index contributed by atoms with van der Waals surface area (Å²) in [4.78, 5) is 0. The third-order valence-electron chi connectivity index (χ3n) is 4.08. The van der Waals surface area contributed by atoms with Crippen LogP contribution in [-0.2, 0) is 0 Å². The van der Waals surface area contributed by atoms with Crippen molar-refractivity contribution in [2.75, 3.05) is 13.6 Å². The van der Waals surface area contributed by atoms with Crippen molar-refractivity contribution in [2.24, 2.45) is 0 Å². The molecule has 0 bridgehead atoms. The Hall–Kier alpha value is -2.10. The fourth-order valence-corrected chi connectivity index (χ4v) is 3.05. The van der Waals surface area contributed by atoms with Gasteiger partial charge >= 0.3 is 0 Å². The molecule has 0 amide bonds. The van der Waals surface area contributed by atoms with Gasteiger partial charge in [-0.25, -0.2) is 0 Å². The van der Waals surface area contributed by atoms with Gasteiger partial charge in [0, 0.05) is 22.7 Å². The summed E-state index contributed by atoms with van der Waals surface area (Å²) in [6.07, 6.45) is 4.77. The zero-order chi connectivity index (χ0) is 16.1. The second kappa shape index (κ2) is 7.44. The van der Waals surface area contributed by atoms with Gasteiger partial charge in [0.1, 0.15) is 0 Å². The van der Waals surface area contributed by atoms with Gasteiger partial charge in [-0.2, -0.15) is 5.10 Å². The minimum Gasteiger partial charge on any atom is -0.320 e. The Labute approximate surface area is 141 Å². The molecule has 0 saturated heterocycles. The number of aromatic nitrogens is 2. The summed E-state index contributed by atoms with van der Waals surface area (Å²) in [7, 11) is 1.98. The lowest BCUT2D eigenvalue weighted by Gasteiger charge is -2.18. The van der Waals surface area contributed by atoms with E-state index in [1.807, 2.05) is 31.6 Å². The van der Waals surface area contributed by atoms with Crippen molar-refractivity contribution < 1.29 is 0 Å². The Morgan fingerprint density at radius 3 is 2.57 bits per heavy atom. The summed E-state index contributed by atoms with van der Waals surface area (Å²) in [5, 5.41) is 10.9. The number of aromatic amines is 1. The molecule has 4 heteroatoms. The van der Waals surface area contributed by atoms with Crippen molar-refractivity contribution in [1.29, 1.82) is 0 Å². The molecule has 0 saturated carbocycles. The SMILES string of the molecule is CNCCC(c1ccc(-c2cn[nH]c2)cc1)c1cccc(Cl)c1. The van der Waals surface area contributed by atoms with Crippen molar-refractivity contribution in [3.8, 4) is 11.1 Å². The van der Waals surface area contributed by atoms with Crippen molar-refractivity contribution >= 4 is 11.6 Å². The minimum absolute atomic E-state index is 0.333. The first kappa shape index (κ1) is 15.8. The molecule has 23 heavy (non-hydrogen) atoms. The molecule has 118 valence electrons. The van der Waals surface area contributed by atoms with Gasteiger partial charge in [0.25, 0.3) is 0 Å². The van der Waals surface area contributed by atoms with Gasteiger partial charge in [0.2, 0.25) is 0 Å². The Morgan fingerprint density at radius 2 is 1.91 bits per heavy atom. The predicted molar refractivity (Wildman–Crippen MR) is 95.9 cm³/mol. The topological polar surface area (TPSA) is 40.7 Å². The average molecular weight is 326 g/mol. The molecule has 0 aliphatic heterocycles. The molecule has 3 aromatic rings. The maximum absolute atomic E-state index is 6.18. The number of halogens is 1. The first-order valence-corrected chi connectivity index (χ1v) is 8.15. The Balaban J connectivity index is 1.90. The Kier molecular flexibility index (Phi) is 5.11. The summed E-state index contributed by atoms with van der Waals surface area (Å²) < 4.78 is 0. The molecule has 0 fully saturated rings. The maximum atomic E-state index is 6.18. The second-order valence-electron chi connectivity index (χ2n) is 5.61. The minimum atomic E-state index is 0.333. The molecular formula is C19H20ClN3. The number of hydrogen-bond donors (Lipinski definition) is 2. The number of H-pyrrole nitrogens is 1. The van der Waals surface area contributed by atoms with E-state index in [-0.39, 0.29) is 0 Å². The van der Waals surface area contributed by atoms with Gasteiger partial charge in [-0.3, -0.25) is 5.10 Å². The number of hydrogen-bond acceptors (Lipinski definition) is 2. The highest BCUT2D eigenvalue weighted by Gasteiger charge is 2.14. The van der Waals surface area contributed by atoms with Crippen LogP contribution in [0.25, 0.3) is 11.1 Å². The van der Waals surface area contributed by atoms with Crippen LogP contribution >= 0.6 is 11.6 Å². The molecule has 2 aromatic carbocycles. The van der Waals surface area contributed by atoms with E-state index in [1.165, 1.54) is 16.7 Å². The Morgan fingerprint density at radius 1 is 1.09 bits per heavy atom. The van der Waals surface area contributed by atoms with Crippen LogP contribution in [0.2, 0.25) is 5.02 Å². The first-order valence-electron chi connectivity index (χ1n) is 7.77. The third kappa shape index (κ3) is 3.81. The molecule has 0 aliphatic carbocycles. The van der Waals surface area contributed by atoms with E-state index < -0.39 is 0 Å². The van der Waals surface area contributed by atoms with E-state index in [1.54, 1.807) is 0 Å². The van der Waals surface area contributed by atoms with E-state index >= 15 is 0 Å². The lowest BCUT2D eigenvalue weighted by Crippen LogP contribution is -2.13. The smallest absolute Gasteiger partial charge is 0.0565 e. The van der Waals surface area contributed by atoms with Crippen LogP contribution in [0.3, 0.4) is 0 Å².